The Labute approximate surface area is 187 Å². The van der Waals surface area contributed by atoms with Crippen LogP contribution < -0.4 is 15.5 Å². The maximum atomic E-state index is 12.7. The number of carbonyl (C=O) groups is 2. The van der Waals surface area contributed by atoms with Crippen molar-refractivity contribution in [2.24, 2.45) is 0 Å². The van der Waals surface area contributed by atoms with Crippen molar-refractivity contribution < 1.29 is 19.2 Å². The molecule has 0 atom stereocenters. The highest BCUT2D eigenvalue weighted by molar-refractivity contribution is 7.12. The number of nitro groups is 1. The summed E-state index contributed by atoms with van der Waals surface area (Å²) < 4.78 is 5.30. The van der Waals surface area contributed by atoms with Gasteiger partial charge in [0.1, 0.15) is 5.69 Å². The maximum Gasteiger partial charge on any atom is 0.293 e. The molecule has 0 spiro atoms. The van der Waals surface area contributed by atoms with Crippen LogP contribution in [0.4, 0.5) is 22.7 Å². The quantitative estimate of drug-likeness (QED) is 0.432. The van der Waals surface area contributed by atoms with Crippen LogP contribution in [0.3, 0.4) is 0 Å². The van der Waals surface area contributed by atoms with Crippen molar-refractivity contribution >= 4 is 45.9 Å². The van der Waals surface area contributed by atoms with Crippen LogP contribution in [0.2, 0.25) is 0 Å². The van der Waals surface area contributed by atoms with Crippen LogP contribution in [0.1, 0.15) is 20.0 Å². The summed E-state index contributed by atoms with van der Waals surface area (Å²) in [4.78, 5) is 38.4. The molecule has 2 N–H and O–H groups in total. The van der Waals surface area contributed by atoms with E-state index in [0.717, 1.165) is 0 Å². The van der Waals surface area contributed by atoms with Crippen LogP contribution in [0.15, 0.2) is 60.0 Å². The third kappa shape index (κ3) is 4.93. The molecular weight excluding hydrogens is 432 g/mol. The summed E-state index contributed by atoms with van der Waals surface area (Å²) in [6.45, 7) is 2.12. The predicted octanol–water partition coefficient (Wildman–Crippen LogP) is 4.00. The van der Waals surface area contributed by atoms with Gasteiger partial charge in [0.05, 0.1) is 23.0 Å². The van der Waals surface area contributed by atoms with Crippen molar-refractivity contribution in [1.82, 2.24) is 0 Å². The number of ether oxygens (including phenoxy) is 1. The number of rotatable bonds is 6. The molecule has 32 heavy (non-hydrogen) atoms. The number of hydrogen-bond acceptors (Lipinski definition) is 7. The van der Waals surface area contributed by atoms with E-state index in [1.807, 2.05) is 10.3 Å². The number of amides is 2. The van der Waals surface area contributed by atoms with Crippen LogP contribution in [-0.2, 0) is 4.74 Å². The molecule has 0 saturated carbocycles. The molecule has 0 radical (unpaired) electrons. The third-order valence-corrected chi connectivity index (χ3v) is 5.80. The number of thiophene rings is 1. The minimum Gasteiger partial charge on any atom is -0.378 e. The highest BCUT2D eigenvalue weighted by atomic mass is 32.1. The van der Waals surface area contributed by atoms with E-state index in [-0.39, 0.29) is 17.2 Å². The van der Waals surface area contributed by atoms with E-state index < -0.39 is 10.8 Å². The van der Waals surface area contributed by atoms with Crippen LogP contribution in [0.25, 0.3) is 0 Å². The van der Waals surface area contributed by atoms with E-state index in [0.29, 0.717) is 48.2 Å². The number of benzene rings is 2. The van der Waals surface area contributed by atoms with Crippen LogP contribution in [0, 0.1) is 10.1 Å². The van der Waals surface area contributed by atoms with Gasteiger partial charge >= 0.3 is 0 Å². The van der Waals surface area contributed by atoms with Crippen molar-refractivity contribution in [2.75, 3.05) is 41.8 Å². The minimum absolute atomic E-state index is 0.119. The van der Waals surface area contributed by atoms with Crippen molar-refractivity contribution in [2.45, 2.75) is 0 Å². The normalized spacial score (nSPS) is 13.4. The summed E-state index contributed by atoms with van der Waals surface area (Å²) in [6.07, 6.45) is 0. The van der Waals surface area contributed by atoms with E-state index in [9.17, 15) is 19.7 Å². The number of nitrogens with one attached hydrogen (secondary N) is 2. The first-order valence-corrected chi connectivity index (χ1v) is 10.8. The Balaban J connectivity index is 1.44. The molecule has 4 rings (SSSR count). The molecule has 2 heterocycles. The van der Waals surface area contributed by atoms with Crippen LogP contribution in [0.5, 0.6) is 0 Å². The molecule has 1 aromatic heterocycles. The Kier molecular flexibility index (Phi) is 6.43. The average Bonchev–Trinajstić information content (AvgIpc) is 3.36. The summed E-state index contributed by atoms with van der Waals surface area (Å²) in [5, 5.41) is 18.9. The molecule has 10 heteroatoms. The van der Waals surface area contributed by atoms with Gasteiger partial charge in [-0.05, 0) is 47.8 Å². The number of carbonyl (C=O) groups excluding carboxylic acids is 2. The van der Waals surface area contributed by atoms with Gasteiger partial charge in [0.2, 0.25) is 0 Å². The molecular formula is C22H20N4O5S. The summed E-state index contributed by atoms with van der Waals surface area (Å²) in [5.41, 5.74) is 1.63. The standard InChI is InChI=1S/C22H20N4O5S/c27-21(15-3-8-18(19(14-15)26(29)30)25-9-11-31-12-10-25)23-16-4-6-17(7-5-16)24-22(28)20-2-1-13-32-20/h1-8,13-14H,9-12H2,(H,23,27)(H,24,28). The molecule has 2 aromatic carbocycles. The first-order valence-electron chi connectivity index (χ1n) is 9.88. The van der Waals surface area contributed by atoms with Crippen molar-refractivity contribution in [1.29, 1.82) is 0 Å². The lowest BCUT2D eigenvalue weighted by Crippen LogP contribution is -2.36. The summed E-state index contributed by atoms with van der Waals surface area (Å²) in [6, 6.07) is 14.6. The van der Waals surface area contributed by atoms with Gasteiger partial charge in [-0.15, -0.1) is 11.3 Å². The van der Waals surface area contributed by atoms with Gasteiger partial charge in [0.15, 0.2) is 0 Å². The van der Waals surface area contributed by atoms with Crippen LogP contribution in [-0.4, -0.2) is 43.0 Å². The lowest BCUT2D eigenvalue weighted by atomic mass is 10.1. The Morgan fingerprint density at radius 2 is 1.62 bits per heavy atom. The zero-order chi connectivity index (χ0) is 22.5. The fourth-order valence-corrected chi connectivity index (χ4v) is 3.94. The zero-order valence-electron chi connectivity index (χ0n) is 16.9. The van der Waals surface area contributed by atoms with E-state index in [2.05, 4.69) is 10.6 Å². The molecule has 9 nitrogen and oxygen atoms in total. The maximum absolute atomic E-state index is 12.7. The summed E-state index contributed by atoms with van der Waals surface area (Å²) in [5.74, 6) is -0.665. The highest BCUT2D eigenvalue weighted by Crippen LogP contribution is 2.30. The molecule has 1 aliphatic heterocycles. The molecule has 0 aliphatic carbocycles. The number of anilines is 3. The molecule has 1 aliphatic rings. The Morgan fingerprint density at radius 3 is 2.22 bits per heavy atom. The van der Waals surface area contributed by atoms with Crippen molar-refractivity contribution in [3.05, 3.63) is 80.5 Å². The van der Waals surface area contributed by atoms with E-state index in [1.54, 1.807) is 48.5 Å². The molecule has 3 aromatic rings. The number of nitro benzene ring substituents is 1. The largest absolute Gasteiger partial charge is 0.378 e. The van der Waals surface area contributed by atoms with Crippen LogP contribution >= 0.6 is 11.3 Å². The second-order valence-corrected chi connectivity index (χ2v) is 7.97. The molecule has 2 amide bonds. The summed E-state index contributed by atoms with van der Waals surface area (Å²) >= 11 is 1.35. The lowest BCUT2D eigenvalue weighted by Gasteiger charge is -2.28. The zero-order valence-corrected chi connectivity index (χ0v) is 17.8. The Bertz CT molecular complexity index is 1130. The predicted molar refractivity (Wildman–Crippen MR) is 123 cm³/mol. The molecule has 1 saturated heterocycles. The second kappa shape index (κ2) is 9.58. The summed E-state index contributed by atoms with van der Waals surface area (Å²) in [7, 11) is 0. The second-order valence-electron chi connectivity index (χ2n) is 7.02. The van der Waals surface area contributed by atoms with Crippen molar-refractivity contribution in [3.63, 3.8) is 0 Å². The molecule has 0 bridgehead atoms. The van der Waals surface area contributed by atoms with Gasteiger partial charge in [-0.3, -0.25) is 19.7 Å². The van der Waals surface area contributed by atoms with Crippen molar-refractivity contribution in [3.8, 4) is 0 Å². The third-order valence-electron chi connectivity index (χ3n) is 4.93. The van der Waals surface area contributed by atoms with Gasteiger partial charge in [0.25, 0.3) is 17.5 Å². The lowest BCUT2D eigenvalue weighted by molar-refractivity contribution is -0.384. The van der Waals surface area contributed by atoms with E-state index in [4.69, 9.17) is 4.74 Å². The van der Waals surface area contributed by atoms with Gasteiger partial charge in [0, 0.05) is 36.1 Å². The molecule has 164 valence electrons. The SMILES string of the molecule is O=C(Nc1ccc(NC(=O)c2cccs2)cc1)c1ccc(N2CCOCC2)c([N+](=O)[O-])c1. The smallest absolute Gasteiger partial charge is 0.293 e. The van der Waals surface area contributed by atoms with Gasteiger partial charge in [-0.2, -0.15) is 0 Å². The topological polar surface area (TPSA) is 114 Å². The van der Waals surface area contributed by atoms with E-state index in [1.165, 1.54) is 17.4 Å². The fourth-order valence-electron chi connectivity index (χ4n) is 3.32. The van der Waals surface area contributed by atoms with E-state index >= 15 is 0 Å². The van der Waals surface area contributed by atoms with Gasteiger partial charge in [-0.1, -0.05) is 6.07 Å². The number of hydrogen-bond donors (Lipinski definition) is 2. The highest BCUT2D eigenvalue weighted by Gasteiger charge is 2.23. The minimum atomic E-state index is -0.480. The number of nitrogens with zero attached hydrogens (tertiary/aromatic N) is 2. The molecule has 0 unspecified atom stereocenters. The molecule has 1 fully saturated rings. The van der Waals surface area contributed by atoms with Gasteiger partial charge in [-0.25, -0.2) is 0 Å². The fraction of sp³-hybridized carbons (Fsp3) is 0.182. The number of morpholine rings is 1. The first kappa shape index (κ1) is 21.5. The average molecular weight is 452 g/mol. The monoisotopic (exact) mass is 452 g/mol. The Morgan fingerprint density at radius 1 is 0.969 bits per heavy atom. The van der Waals surface area contributed by atoms with Gasteiger partial charge < -0.3 is 20.3 Å². The Hall–Kier alpha value is -3.76. The first-order chi connectivity index (χ1) is 15.5.